The fourth-order valence-corrected chi connectivity index (χ4v) is 4.31. The molecule has 108 valence electrons. The van der Waals surface area contributed by atoms with Crippen LogP contribution in [0.2, 0.25) is 0 Å². The molecule has 2 aromatic carbocycles. The summed E-state index contributed by atoms with van der Waals surface area (Å²) in [7, 11) is 0. The highest BCUT2D eigenvalue weighted by Gasteiger charge is 2.28. The van der Waals surface area contributed by atoms with Crippen molar-refractivity contribution in [2.45, 2.75) is 43.9 Å². The van der Waals surface area contributed by atoms with Crippen LogP contribution < -0.4 is 0 Å². The van der Waals surface area contributed by atoms with Crippen LogP contribution in [0, 0.1) is 5.92 Å². The molecule has 0 aliphatic heterocycles. The lowest BCUT2D eigenvalue weighted by Gasteiger charge is -2.21. The van der Waals surface area contributed by atoms with E-state index >= 15 is 0 Å². The number of alkyl halides is 1. The fraction of sp³-hybridized carbons (Fsp3) is 0.400. The first kappa shape index (κ1) is 13.4. The third kappa shape index (κ3) is 2.51. The standard InChI is InChI=1S/C20H21Cl/c21-20(19-12-16-7-3-4-8-17(16)13-19)18-10-9-14-5-1-2-6-15(14)11-18/h3-4,7-11,19-20H,1-2,5-6,12-13H2. The molecule has 2 aromatic rings. The van der Waals surface area contributed by atoms with Crippen molar-refractivity contribution in [1.82, 2.24) is 0 Å². The van der Waals surface area contributed by atoms with Gasteiger partial charge in [-0.15, -0.1) is 11.6 Å². The van der Waals surface area contributed by atoms with Crippen molar-refractivity contribution in [1.29, 1.82) is 0 Å². The summed E-state index contributed by atoms with van der Waals surface area (Å²) >= 11 is 6.85. The smallest absolute Gasteiger partial charge is 0.0619 e. The van der Waals surface area contributed by atoms with Crippen LogP contribution in [-0.4, -0.2) is 0 Å². The molecular weight excluding hydrogens is 276 g/mol. The van der Waals surface area contributed by atoms with Crippen molar-refractivity contribution in [2.24, 2.45) is 5.92 Å². The van der Waals surface area contributed by atoms with Crippen LogP contribution in [0.25, 0.3) is 0 Å². The quantitative estimate of drug-likeness (QED) is 0.663. The number of aryl methyl sites for hydroxylation is 2. The molecule has 4 rings (SSSR count). The van der Waals surface area contributed by atoms with E-state index in [1.807, 2.05) is 0 Å². The zero-order valence-electron chi connectivity index (χ0n) is 12.3. The van der Waals surface area contributed by atoms with Gasteiger partial charge in [-0.1, -0.05) is 42.5 Å². The molecule has 0 bridgehead atoms. The van der Waals surface area contributed by atoms with Crippen molar-refractivity contribution >= 4 is 11.6 Å². The second-order valence-corrected chi connectivity index (χ2v) is 7.04. The third-order valence-corrected chi connectivity index (χ3v) is 5.80. The average molecular weight is 297 g/mol. The SMILES string of the molecule is ClC(c1ccc2c(c1)CCCC2)C1Cc2ccccc2C1. The molecule has 0 fully saturated rings. The highest BCUT2D eigenvalue weighted by atomic mass is 35.5. The predicted molar refractivity (Wildman–Crippen MR) is 89.0 cm³/mol. The molecule has 2 aliphatic carbocycles. The minimum Gasteiger partial charge on any atom is -0.117 e. The summed E-state index contributed by atoms with van der Waals surface area (Å²) in [4.78, 5) is 0. The molecule has 0 aromatic heterocycles. The summed E-state index contributed by atoms with van der Waals surface area (Å²) in [6.07, 6.45) is 7.41. The van der Waals surface area contributed by atoms with Gasteiger partial charge >= 0.3 is 0 Å². The van der Waals surface area contributed by atoms with Crippen LogP contribution in [-0.2, 0) is 25.7 Å². The maximum atomic E-state index is 6.85. The third-order valence-electron chi connectivity index (χ3n) is 5.19. The minimum absolute atomic E-state index is 0.143. The van der Waals surface area contributed by atoms with E-state index in [1.54, 1.807) is 11.1 Å². The molecule has 0 saturated heterocycles. The average Bonchev–Trinajstić information content (AvgIpc) is 2.97. The summed E-state index contributed by atoms with van der Waals surface area (Å²) in [5, 5.41) is 0.143. The molecule has 0 saturated carbocycles. The molecule has 0 amide bonds. The number of halogens is 1. The monoisotopic (exact) mass is 296 g/mol. The molecule has 0 spiro atoms. The Morgan fingerprint density at radius 1 is 0.810 bits per heavy atom. The highest BCUT2D eigenvalue weighted by molar-refractivity contribution is 6.21. The van der Waals surface area contributed by atoms with E-state index in [9.17, 15) is 0 Å². The number of rotatable bonds is 2. The van der Waals surface area contributed by atoms with Gasteiger partial charge in [0, 0.05) is 0 Å². The van der Waals surface area contributed by atoms with Crippen LogP contribution in [0.4, 0.5) is 0 Å². The second kappa shape index (κ2) is 5.50. The number of hydrogen-bond donors (Lipinski definition) is 0. The lowest BCUT2D eigenvalue weighted by atomic mass is 9.88. The van der Waals surface area contributed by atoms with Gasteiger partial charge in [0.1, 0.15) is 0 Å². The summed E-state index contributed by atoms with van der Waals surface area (Å²) in [5.41, 5.74) is 7.40. The van der Waals surface area contributed by atoms with Gasteiger partial charge in [-0.25, -0.2) is 0 Å². The lowest BCUT2D eigenvalue weighted by Crippen LogP contribution is -2.10. The maximum absolute atomic E-state index is 6.85. The first-order chi connectivity index (χ1) is 10.3. The molecule has 21 heavy (non-hydrogen) atoms. The minimum atomic E-state index is 0.143. The Bertz CT molecular complexity index is 634. The topological polar surface area (TPSA) is 0 Å². The van der Waals surface area contributed by atoms with E-state index in [0.29, 0.717) is 5.92 Å². The Kier molecular flexibility index (Phi) is 3.51. The second-order valence-electron chi connectivity index (χ2n) is 6.57. The normalized spacial score (nSPS) is 19.1. The van der Waals surface area contributed by atoms with Gasteiger partial charge in [-0.3, -0.25) is 0 Å². The van der Waals surface area contributed by atoms with E-state index in [4.69, 9.17) is 11.6 Å². The zero-order chi connectivity index (χ0) is 14.2. The molecule has 1 heteroatoms. The maximum Gasteiger partial charge on any atom is 0.0619 e. The molecule has 0 nitrogen and oxygen atoms in total. The fourth-order valence-electron chi connectivity index (χ4n) is 4.00. The summed E-state index contributed by atoms with van der Waals surface area (Å²) in [5.74, 6) is 0.547. The summed E-state index contributed by atoms with van der Waals surface area (Å²) in [6.45, 7) is 0. The van der Waals surface area contributed by atoms with Crippen molar-refractivity contribution in [3.8, 4) is 0 Å². The van der Waals surface area contributed by atoms with Gasteiger partial charge in [0.2, 0.25) is 0 Å². The van der Waals surface area contributed by atoms with Crippen molar-refractivity contribution in [3.63, 3.8) is 0 Å². The van der Waals surface area contributed by atoms with Gasteiger partial charge in [-0.2, -0.15) is 0 Å². The van der Waals surface area contributed by atoms with E-state index in [-0.39, 0.29) is 5.38 Å². The van der Waals surface area contributed by atoms with E-state index < -0.39 is 0 Å². The molecule has 2 aliphatic rings. The Hall–Kier alpha value is -1.27. The van der Waals surface area contributed by atoms with Gasteiger partial charge in [0.05, 0.1) is 5.38 Å². The van der Waals surface area contributed by atoms with Crippen LogP contribution >= 0.6 is 11.6 Å². The number of fused-ring (bicyclic) bond motifs is 2. The van der Waals surface area contributed by atoms with E-state index in [1.165, 1.54) is 42.4 Å². The molecule has 1 atom stereocenters. The van der Waals surface area contributed by atoms with Crippen LogP contribution in [0.15, 0.2) is 42.5 Å². The van der Waals surface area contributed by atoms with Crippen molar-refractivity contribution in [3.05, 3.63) is 70.3 Å². The Labute approximate surface area is 132 Å². The number of benzene rings is 2. The first-order valence-electron chi connectivity index (χ1n) is 8.14. The largest absolute Gasteiger partial charge is 0.117 e. The van der Waals surface area contributed by atoms with Gasteiger partial charge in [0.15, 0.2) is 0 Å². The molecule has 0 radical (unpaired) electrons. The first-order valence-corrected chi connectivity index (χ1v) is 8.57. The van der Waals surface area contributed by atoms with Crippen LogP contribution in [0.3, 0.4) is 0 Å². The lowest BCUT2D eigenvalue weighted by molar-refractivity contribution is 0.540. The molecular formula is C20H21Cl. The van der Waals surface area contributed by atoms with Gasteiger partial charge in [-0.05, 0) is 72.3 Å². The molecule has 0 N–H and O–H groups in total. The van der Waals surface area contributed by atoms with Crippen LogP contribution in [0.1, 0.15) is 46.0 Å². The van der Waals surface area contributed by atoms with Gasteiger partial charge in [0.25, 0.3) is 0 Å². The Morgan fingerprint density at radius 3 is 2.19 bits per heavy atom. The zero-order valence-corrected chi connectivity index (χ0v) is 13.1. The van der Waals surface area contributed by atoms with E-state index in [2.05, 4.69) is 42.5 Å². The summed E-state index contributed by atoms with van der Waals surface area (Å²) in [6, 6.07) is 15.8. The van der Waals surface area contributed by atoms with Crippen molar-refractivity contribution in [2.75, 3.05) is 0 Å². The highest BCUT2D eigenvalue weighted by Crippen LogP contribution is 2.40. The predicted octanol–water partition coefficient (Wildman–Crippen LogP) is 5.26. The summed E-state index contributed by atoms with van der Waals surface area (Å²) < 4.78 is 0. The Balaban J connectivity index is 1.57. The number of hydrogen-bond acceptors (Lipinski definition) is 0. The van der Waals surface area contributed by atoms with Crippen LogP contribution in [0.5, 0.6) is 0 Å². The molecule has 1 unspecified atom stereocenters. The Morgan fingerprint density at radius 2 is 1.48 bits per heavy atom. The van der Waals surface area contributed by atoms with E-state index in [0.717, 1.165) is 12.8 Å². The molecule has 0 heterocycles. The van der Waals surface area contributed by atoms with Crippen molar-refractivity contribution < 1.29 is 0 Å². The van der Waals surface area contributed by atoms with Gasteiger partial charge < -0.3 is 0 Å².